The number of halogens is 1. The van der Waals surface area contributed by atoms with E-state index >= 15 is 0 Å². The Kier molecular flexibility index (Phi) is 5.20. The maximum Gasteiger partial charge on any atom is 0.0940 e. The molecule has 0 aliphatic carbocycles. The highest BCUT2D eigenvalue weighted by atomic mass is 79.9. The van der Waals surface area contributed by atoms with Gasteiger partial charge in [0.2, 0.25) is 0 Å². The summed E-state index contributed by atoms with van der Waals surface area (Å²) in [6.07, 6.45) is -0.150. The van der Waals surface area contributed by atoms with Gasteiger partial charge >= 0.3 is 0 Å². The number of aliphatic hydroxyl groups is 1. The topological polar surface area (TPSA) is 58.7 Å². The van der Waals surface area contributed by atoms with Crippen LogP contribution in [0.4, 0.5) is 0 Å². The second-order valence-corrected chi connectivity index (χ2v) is 6.83. The number of nitrogens with two attached hydrogens (primary N) is 1. The Morgan fingerprint density at radius 2 is 2.10 bits per heavy atom. The van der Waals surface area contributed by atoms with Gasteiger partial charge in [-0.1, -0.05) is 28.1 Å². The highest BCUT2D eigenvalue weighted by Gasteiger charge is 2.36. The number of nitrogens with zero attached hydrogens (tertiary/aromatic N) is 1. The predicted octanol–water partition coefficient (Wildman–Crippen LogP) is 1.92. The van der Waals surface area contributed by atoms with Crippen LogP contribution in [-0.4, -0.2) is 48.0 Å². The first-order valence-corrected chi connectivity index (χ1v) is 7.73. The molecule has 1 aromatic carbocycles. The fourth-order valence-electron chi connectivity index (χ4n) is 2.85. The molecule has 2 rings (SSSR count). The summed E-state index contributed by atoms with van der Waals surface area (Å²) >= 11 is 3.45. The average molecular weight is 343 g/mol. The van der Waals surface area contributed by atoms with Crippen LogP contribution in [0, 0.1) is 0 Å². The summed E-state index contributed by atoms with van der Waals surface area (Å²) in [5, 5.41) is 9.41. The third-order valence-corrected chi connectivity index (χ3v) is 4.16. The summed E-state index contributed by atoms with van der Waals surface area (Å²) in [6, 6.07) is 8.41. The Morgan fingerprint density at radius 3 is 2.65 bits per heavy atom. The van der Waals surface area contributed by atoms with Crippen molar-refractivity contribution in [2.75, 3.05) is 26.2 Å². The SMILES string of the molecule is CC1(C)CN(C(CN)c2ccc(Br)cc2)CC(CO)O1. The Morgan fingerprint density at radius 1 is 1.45 bits per heavy atom. The van der Waals surface area contributed by atoms with Crippen molar-refractivity contribution in [1.29, 1.82) is 0 Å². The second kappa shape index (κ2) is 6.54. The van der Waals surface area contributed by atoms with Gasteiger partial charge in [0, 0.05) is 30.1 Å². The molecule has 1 aliphatic rings. The molecule has 1 saturated heterocycles. The van der Waals surface area contributed by atoms with Gasteiger partial charge in [-0.15, -0.1) is 0 Å². The molecule has 1 heterocycles. The average Bonchev–Trinajstić information content (AvgIpc) is 2.40. The summed E-state index contributed by atoms with van der Waals surface area (Å²) in [5.74, 6) is 0. The molecular formula is C15H23BrN2O2. The predicted molar refractivity (Wildman–Crippen MR) is 83.5 cm³/mol. The van der Waals surface area contributed by atoms with E-state index in [2.05, 4.69) is 46.8 Å². The van der Waals surface area contributed by atoms with E-state index in [1.165, 1.54) is 5.56 Å². The molecular weight excluding hydrogens is 320 g/mol. The Balaban J connectivity index is 2.19. The normalized spacial score (nSPS) is 24.6. The molecule has 0 saturated carbocycles. The second-order valence-electron chi connectivity index (χ2n) is 5.91. The first kappa shape index (κ1) is 15.9. The van der Waals surface area contributed by atoms with Crippen molar-refractivity contribution in [2.24, 2.45) is 5.73 Å². The molecule has 1 aliphatic heterocycles. The monoisotopic (exact) mass is 342 g/mol. The zero-order chi connectivity index (χ0) is 14.8. The van der Waals surface area contributed by atoms with E-state index in [1.807, 2.05) is 12.1 Å². The maximum absolute atomic E-state index is 9.41. The Hall–Kier alpha value is -0.460. The van der Waals surface area contributed by atoms with Gasteiger partial charge in [0.25, 0.3) is 0 Å². The zero-order valence-electron chi connectivity index (χ0n) is 12.1. The van der Waals surface area contributed by atoms with Crippen LogP contribution < -0.4 is 5.73 Å². The standard InChI is InChI=1S/C15H23BrN2O2/c1-15(2)10-18(8-13(9-19)20-15)14(7-17)11-3-5-12(16)6-4-11/h3-6,13-14,19H,7-10,17H2,1-2H3. The van der Waals surface area contributed by atoms with Gasteiger partial charge in [-0.2, -0.15) is 0 Å². The van der Waals surface area contributed by atoms with Crippen molar-refractivity contribution in [2.45, 2.75) is 31.6 Å². The van der Waals surface area contributed by atoms with Gasteiger partial charge in [-0.25, -0.2) is 0 Å². The van der Waals surface area contributed by atoms with Crippen molar-refractivity contribution in [3.63, 3.8) is 0 Å². The third kappa shape index (κ3) is 3.80. The van der Waals surface area contributed by atoms with Gasteiger partial charge < -0.3 is 15.6 Å². The quantitative estimate of drug-likeness (QED) is 0.877. The minimum atomic E-state index is -0.269. The molecule has 0 bridgehead atoms. The highest BCUT2D eigenvalue weighted by molar-refractivity contribution is 9.10. The van der Waals surface area contributed by atoms with Gasteiger partial charge in [-0.3, -0.25) is 4.90 Å². The van der Waals surface area contributed by atoms with Crippen LogP contribution in [-0.2, 0) is 4.74 Å². The molecule has 2 unspecified atom stereocenters. The van der Waals surface area contributed by atoms with Crippen LogP contribution in [0.3, 0.4) is 0 Å². The van der Waals surface area contributed by atoms with Gasteiger partial charge in [-0.05, 0) is 31.5 Å². The number of aliphatic hydroxyl groups excluding tert-OH is 1. The van der Waals surface area contributed by atoms with Crippen LogP contribution >= 0.6 is 15.9 Å². The summed E-state index contributed by atoms with van der Waals surface area (Å²) in [7, 11) is 0. The fourth-order valence-corrected chi connectivity index (χ4v) is 3.12. The molecule has 0 aromatic heterocycles. The Labute approximate surface area is 129 Å². The van der Waals surface area contributed by atoms with Crippen LogP contribution in [0.2, 0.25) is 0 Å². The molecule has 5 heteroatoms. The van der Waals surface area contributed by atoms with E-state index in [9.17, 15) is 5.11 Å². The van der Waals surface area contributed by atoms with Gasteiger partial charge in [0.1, 0.15) is 0 Å². The van der Waals surface area contributed by atoms with Crippen molar-refractivity contribution < 1.29 is 9.84 Å². The lowest BCUT2D eigenvalue weighted by atomic mass is 9.99. The largest absolute Gasteiger partial charge is 0.394 e. The summed E-state index contributed by atoms with van der Waals surface area (Å²) < 4.78 is 6.93. The van der Waals surface area contributed by atoms with E-state index in [1.54, 1.807) is 0 Å². The summed E-state index contributed by atoms with van der Waals surface area (Å²) in [4.78, 5) is 2.31. The first-order valence-electron chi connectivity index (χ1n) is 6.93. The zero-order valence-corrected chi connectivity index (χ0v) is 13.6. The minimum absolute atomic E-state index is 0.0392. The summed E-state index contributed by atoms with van der Waals surface area (Å²) in [5.41, 5.74) is 6.92. The van der Waals surface area contributed by atoms with Gasteiger partial charge in [0.05, 0.1) is 18.3 Å². The van der Waals surface area contributed by atoms with E-state index in [4.69, 9.17) is 10.5 Å². The van der Waals surface area contributed by atoms with E-state index in [0.717, 1.165) is 11.0 Å². The number of ether oxygens (including phenoxy) is 1. The molecule has 20 heavy (non-hydrogen) atoms. The smallest absolute Gasteiger partial charge is 0.0940 e. The maximum atomic E-state index is 9.41. The number of hydrogen-bond donors (Lipinski definition) is 2. The van der Waals surface area contributed by atoms with Crippen LogP contribution in [0.15, 0.2) is 28.7 Å². The number of rotatable bonds is 4. The summed E-state index contributed by atoms with van der Waals surface area (Å²) in [6.45, 7) is 6.21. The molecule has 112 valence electrons. The number of morpholine rings is 1. The van der Waals surface area contributed by atoms with E-state index in [-0.39, 0.29) is 24.4 Å². The van der Waals surface area contributed by atoms with Crippen molar-refractivity contribution in [3.8, 4) is 0 Å². The first-order chi connectivity index (χ1) is 9.45. The fraction of sp³-hybridized carbons (Fsp3) is 0.600. The van der Waals surface area contributed by atoms with Crippen molar-refractivity contribution in [1.82, 2.24) is 4.90 Å². The van der Waals surface area contributed by atoms with Crippen molar-refractivity contribution >= 4 is 15.9 Å². The molecule has 0 spiro atoms. The third-order valence-electron chi connectivity index (χ3n) is 3.63. The minimum Gasteiger partial charge on any atom is -0.394 e. The molecule has 0 radical (unpaired) electrons. The molecule has 0 amide bonds. The van der Waals surface area contributed by atoms with Crippen LogP contribution in [0.25, 0.3) is 0 Å². The molecule has 1 fully saturated rings. The lowest BCUT2D eigenvalue weighted by Crippen LogP contribution is -2.55. The van der Waals surface area contributed by atoms with Crippen molar-refractivity contribution in [3.05, 3.63) is 34.3 Å². The van der Waals surface area contributed by atoms with Gasteiger partial charge in [0.15, 0.2) is 0 Å². The van der Waals surface area contributed by atoms with Crippen LogP contribution in [0.5, 0.6) is 0 Å². The molecule has 3 N–H and O–H groups in total. The Bertz CT molecular complexity index is 436. The highest BCUT2D eigenvalue weighted by Crippen LogP contribution is 2.29. The lowest BCUT2D eigenvalue weighted by molar-refractivity contribution is -0.156. The molecule has 1 aromatic rings. The van der Waals surface area contributed by atoms with Crippen LogP contribution in [0.1, 0.15) is 25.5 Å². The van der Waals surface area contributed by atoms with E-state index in [0.29, 0.717) is 13.1 Å². The lowest BCUT2D eigenvalue weighted by Gasteiger charge is -2.45. The molecule has 4 nitrogen and oxygen atoms in total. The number of hydrogen-bond acceptors (Lipinski definition) is 4. The number of benzene rings is 1. The molecule has 2 atom stereocenters. The van der Waals surface area contributed by atoms with E-state index < -0.39 is 0 Å².